The molecule has 0 heterocycles. The Morgan fingerprint density at radius 3 is 2.25 bits per heavy atom. The zero-order valence-corrected chi connectivity index (χ0v) is 9.22. The van der Waals surface area contributed by atoms with Crippen LogP contribution >= 0.6 is 0 Å². The maximum atomic E-state index is 5.90. The first-order valence-corrected chi connectivity index (χ1v) is 4.86. The van der Waals surface area contributed by atoms with Crippen molar-refractivity contribution >= 4 is 0 Å². The van der Waals surface area contributed by atoms with Gasteiger partial charge in [0.05, 0.1) is 0 Å². The van der Waals surface area contributed by atoms with Crippen LogP contribution in [0.1, 0.15) is 40.5 Å². The molecule has 0 fully saturated rings. The van der Waals surface area contributed by atoms with Crippen molar-refractivity contribution in [3.63, 3.8) is 0 Å². The minimum atomic E-state index is -0.0261. The van der Waals surface area contributed by atoms with E-state index in [2.05, 4.69) is 39.6 Å². The number of nitrogens with two attached hydrogens (primary N) is 1. The lowest BCUT2D eigenvalue weighted by molar-refractivity contribution is 0.230. The molecule has 0 aliphatic heterocycles. The topological polar surface area (TPSA) is 29.3 Å². The van der Waals surface area contributed by atoms with Gasteiger partial charge in [0.15, 0.2) is 0 Å². The Balaban J connectivity index is 3.64. The lowest BCUT2D eigenvalue weighted by Gasteiger charge is -2.27. The van der Waals surface area contributed by atoms with Gasteiger partial charge < -0.3 is 10.6 Å². The summed E-state index contributed by atoms with van der Waals surface area (Å²) in [5, 5.41) is 0. The first-order chi connectivity index (χ1) is 5.37. The summed E-state index contributed by atoms with van der Waals surface area (Å²) in [7, 11) is 2.17. The van der Waals surface area contributed by atoms with Gasteiger partial charge >= 0.3 is 0 Å². The maximum Gasteiger partial charge on any atom is 0.0109 e. The van der Waals surface area contributed by atoms with E-state index in [0.717, 1.165) is 13.0 Å². The summed E-state index contributed by atoms with van der Waals surface area (Å²) in [5.41, 5.74) is 5.87. The molecule has 0 aliphatic carbocycles. The van der Waals surface area contributed by atoms with Crippen LogP contribution < -0.4 is 5.73 Å². The first kappa shape index (κ1) is 11.9. The summed E-state index contributed by atoms with van der Waals surface area (Å²) >= 11 is 0. The SMILES string of the molecule is CCC(C)N(C)CCC(C)(C)N. The molecule has 0 aromatic carbocycles. The van der Waals surface area contributed by atoms with Crippen LogP contribution in [0, 0.1) is 0 Å². The van der Waals surface area contributed by atoms with Crippen molar-refractivity contribution in [1.82, 2.24) is 4.90 Å². The molecule has 0 radical (unpaired) electrons. The van der Waals surface area contributed by atoms with Gasteiger partial charge in [-0.2, -0.15) is 0 Å². The third-order valence-corrected chi connectivity index (χ3v) is 2.45. The molecule has 0 saturated heterocycles. The van der Waals surface area contributed by atoms with Gasteiger partial charge in [0, 0.05) is 11.6 Å². The van der Waals surface area contributed by atoms with E-state index < -0.39 is 0 Å². The van der Waals surface area contributed by atoms with Crippen LogP contribution in [-0.4, -0.2) is 30.1 Å². The largest absolute Gasteiger partial charge is 0.326 e. The summed E-state index contributed by atoms with van der Waals surface area (Å²) in [6.07, 6.45) is 2.27. The second kappa shape index (κ2) is 4.83. The fourth-order valence-electron chi connectivity index (χ4n) is 0.997. The molecule has 2 N–H and O–H groups in total. The highest BCUT2D eigenvalue weighted by atomic mass is 15.1. The van der Waals surface area contributed by atoms with Gasteiger partial charge in [0.25, 0.3) is 0 Å². The number of hydrogen-bond donors (Lipinski definition) is 1. The first-order valence-electron chi connectivity index (χ1n) is 4.86. The third-order valence-electron chi connectivity index (χ3n) is 2.45. The number of nitrogens with zero attached hydrogens (tertiary/aromatic N) is 1. The minimum absolute atomic E-state index is 0.0261. The lowest BCUT2D eigenvalue weighted by atomic mass is 10.0. The van der Waals surface area contributed by atoms with Gasteiger partial charge in [-0.05, 0) is 47.2 Å². The van der Waals surface area contributed by atoms with E-state index >= 15 is 0 Å². The Kier molecular flexibility index (Phi) is 4.80. The van der Waals surface area contributed by atoms with Gasteiger partial charge in [0.1, 0.15) is 0 Å². The van der Waals surface area contributed by atoms with Crippen LogP contribution in [0.2, 0.25) is 0 Å². The summed E-state index contributed by atoms with van der Waals surface area (Å²) < 4.78 is 0. The van der Waals surface area contributed by atoms with E-state index in [4.69, 9.17) is 5.73 Å². The van der Waals surface area contributed by atoms with Crippen LogP contribution in [0.5, 0.6) is 0 Å². The summed E-state index contributed by atoms with van der Waals surface area (Å²) in [6.45, 7) is 9.73. The molecule has 0 bridgehead atoms. The van der Waals surface area contributed by atoms with Crippen LogP contribution in [0.4, 0.5) is 0 Å². The highest BCUT2D eigenvalue weighted by Gasteiger charge is 2.13. The van der Waals surface area contributed by atoms with E-state index in [9.17, 15) is 0 Å². The second-order valence-corrected chi connectivity index (χ2v) is 4.48. The predicted octanol–water partition coefficient (Wildman–Crippen LogP) is 1.84. The molecule has 74 valence electrons. The smallest absolute Gasteiger partial charge is 0.0109 e. The van der Waals surface area contributed by atoms with Crippen molar-refractivity contribution in [3.05, 3.63) is 0 Å². The van der Waals surface area contributed by atoms with Crippen molar-refractivity contribution in [1.29, 1.82) is 0 Å². The van der Waals surface area contributed by atoms with Crippen molar-refractivity contribution in [2.75, 3.05) is 13.6 Å². The molecule has 2 nitrogen and oxygen atoms in total. The number of hydrogen-bond acceptors (Lipinski definition) is 2. The molecular weight excluding hydrogens is 148 g/mol. The van der Waals surface area contributed by atoms with Crippen molar-refractivity contribution < 1.29 is 0 Å². The van der Waals surface area contributed by atoms with Gasteiger partial charge in [-0.15, -0.1) is 0 Å². The fraction of sp³-hybridized carbons (Fsp3) is 1.00. The van der Waals surface area contributed by atoms with Gasteiger partial charge in [-0.3, -0.25) is 0 Å². The Bertz CT molecular complexity index is 115. The fourth-order valence-corrected chi connectivity index (χ4v) is 0.997. The normalized spacial score (nSPS) is 15.2. The summed E-state index contributed by atoms with van der Waals surface area (Å²) in [6, 6.07) is 0.673. The van der Waals surface area contributed by atoms with E-state index in [1.54, 1.807) is 0 Å². The molecule has 0 aromatic heterocycles. The quantitative estimate of drug-likeness (QED) is 0.685. The number of rotatable bonds is 5. The zero-order valence-electron chi connectivity index (χ0n) is 9.22. The van der Waals surface area contributed by atoms with E-state index in [1.165, 1.54) is 6.42 Å². The summed E-state index contributed by atoms with van der Waals surface area (Å²) in [4.78, 5) is 2.37. The molecule has 1 unspecified atom stereocenters. The Labute approximate surface area is 77.1 Å². The molecule has 0 aliphatic rings. The van der Waals surface area contributed by atoms with Crippen molar-refractivity contribution in [3.8, 4) is 0 Å². The molecule has 0 saturated carbocycles. The van der Waals surface area contributed by atoms with Crippen LogP contribution in [-0.2, 0) is 0 Å². The average molecular weight is 172 g/mol. The summed E-state index contributed by atoms with van der Waals surface area (Å²) in [5.74, 6) is 0. The minimum Gasteiger partial charge on any atom is -0.326 e. The van der Waals surface area contributed by atoms with Gasteiger partial charge in [0.2, 0.25) is 0 Å². The molecule has 0 rings (SSSR count). The molecule has 0 amide bonds. The predicted molar refractivity (Wildman–Crippen MR) is 55.3 cm³/mol. The zero-order chi connectivity index (χ0) is 9.78. The third kappa shape index (κ3) is 5.56. The molecule has 0 spiro atoms. The van der Waals surface area contributed by atoms with E-state index in [-0.39, 0.29) is 5.54 Å². The highest BCUT2D eigenvalue weighted by molar-refractivity contribution is 4.74. The van der Waals surface area contributed by atoms with Crippen LogP contribution in [0.25, 0.3) is 0 Å². The molecule has 0 aromatic rings. The van der Waals surface area contributed by atoms with Gasteiger partial charge in [-0.25, -0.2) is 0 Å². The van der Waals surface area contributed by atoms with Gasteiger partial charge in [-0.1, -0.05) is 6.92 Å². The average Bonchev–Trinajstić information content (AvgIpc) is 1.97. The van der Waals surface area contributed by atoms with Crippen molar-refractivity contribution in [2.24, 2.45) is 5.73 Å². The standard InChI is InChI=1S/C10H24N2/c1-6-9(2)12(5)8-7-10(3,4)11/h9H,6-8,11H2,1-5H3. The maximum absolute atomic E-state index is 5.90. The Morgan fingerprint density at radius 2 is 1.92 bits per heavy atom. The molecule has 2 heteroatoms. The second-order valence-electron chi connectivity index (χ2n) is 4.48. The van der Waals surface area contributed by atoms with Crippen molar-refractivity contribution in [2.45, 2.75) is 52.1 Å². The van der Waals surface area contributed by atoms with Crippen LogP contribution in [0.3, 0.4) is 0 Å². The highest BCUT2D eigenvalue weighted by Crippen LogP contribution is 2.07. The monoisotopic (exact) mass is 172 g/mol. The Morgan fingerprint density at radius 1 is 1.42 bits per heavy atom. The Hall–Kier alpha value is -0.0800. The molecular formula is C10H24N2. The molecule has 12 heavy (non-hydrogen) atoms. The van der Waals surface area contributed by atoms with E-state index in [0.29, 0.717) is 6.04 Å². The van der Waals surface area contributed by atoms with Crippen LogP contribution in [0.15, 0.2) is 0 Å². The molecule has 1 atom stereocenters. The van der Waals surface area contributed by atoms with E-state index in [1.807, 2.05) is 0 Å². The lowest BCUT2D eigenvalue weighted by Crippen LogP contribution is -2.38.